The van der Waals surface area contributed by atoms with E-state index in [4.69, 9.17) is 4.74 Å². The molecule has 120 valence electrons. The Kier molecular flexibility index (Phi) is 3.89. The number of nitrogens with one attached hydrogen (secondary N) is 1. The summed E-state index contributed by atoms with van der Waals surface area (Å²) in [6.07, 6.45) is 3.81. The van der Waals surface area contributed by atoms with E-state index in [1.807, 2.05) is 12.1 Å². The van der Waals surface area contributed by atoms with Crippen LogP contribution >= 0.6 is 0 Å². The van der Waals surface area contributed by atoms with Gasteiger partial charge in [0, 0.05) is 0 Å². The van der Waals surface area contributed by atoms with Crippen LogP contribution in [-0.2, 0) is 27.5 Å². The molecule has 0 bridgehead atoms. The number of rotatable bonds is 4. The van der Waals surface area contributed by atoms with E-state index in [0.717, 1.165) is 12.8 Å². The molecule has 1 amide bonds. The molecule has 1 aromatic rings. The highest BCUT2D eigenvalue weighted by atomic mass is 32.2. The van der Waals surface area contributed by atoms with Gasteiger partial charge < -0.3 is 10.1 Å². The smallest absolute Gasteiger partial charge is 0.258 e. The van der Waals surface area contributed by atoms with Gasteiger partial charge in [-0.3, -0.25) is 4.79 Å². The quantitative estimate of drug-likeness (QED) is 0.905. The maximum atomic E-state index is 12.0. The second kappa shape index (κ2) is 5.57. The van der Waals surface area contributed by atoms with E-state index in [2.05, 4.69) is 11.4 Å². The lowest BCUT2D eigenvalue weighted by Crippen LogP contribution is -2.48. The van der Waals surface area contributed by atoms with Gasteiger partial charge in [-0.2, -0.15) is 0 Å². The Labute approximate surface area is 131 Å². The maximum absolute atomic E-state index is 12.0. The first-order valence-corrected chi connectivity index (χ1v) is 9.43. The standard InChI is InChI=1S/C16H21NO4S/c1-16(7-8-22(19,20)11-16)17-15(18)10-21-14-6-5-12-3-2-4-13(12)9-14/h5-6,9H,2-4,7-8,10-11H2,1H3,(H,17,18). The van der Waals surface area contributed by atoms with E-state index in [1.54, 1.807) is 6.92 Å². The summed E-state index contributed by atoms with van der Waals surface area (Å²) in [7, 11) is -3.03. The average molecular weight is 323 g/mol. The molecule has 1 fully saturated rings. The zero-order valence-corrected chi connectivity index (χ0v) is 13.5. The normalized spacial score (nSPS) is 25.7. The van der Waals surface area contributed by atoms with E-state index < -0.39 is 15.4 Å². The number of carbonyl (C=O) groups is 1. The van der Waals surface area contributed by atoms with Gasteiger partial charge in [0.15, 0.2) is 16.4 Å². The number of ether oxygens (including phenoxy) is 1. The van der Waals surface area contributed by atoms with Crippen LogP contribution in [0.1, 0.15) is 30.9 Å². The minimum Gasteiger partial charge on any atom is -0.484 e. The Morgan fingerprint density at radius 2 is 2.09 bits per heavy atom. The van der Waals surface area contributed by atoms with E-state index in [0.29, 0.717) is 12.2 Å². The van der Waals surface area contributed by atoms with Gasteiger partial charge in [0.05, 0.1) is 17.0 Å². The van der Waals surface area contributed by atoms with E-state index >= 15 is 0 Å². The lowest BCUT2D eigenvalue weighted by Gasteiger charge is -2.23. The van der Waals surface area contributed by atoms with Crippen LogP contribution in [-0.4, -0.2) is 38.0 Å². The Hall–Kier alpha value is -1.56. The van der Waals surface area contributed by atoms with Crippen LogP contribution < -0.4 is 10.1 Å². The Morgan fingerprint density at radius 1 is 1.32 bits per heavy atom. The van der Waals surface area contributed by atoms with Crippen molar-refractivity contribution in [1.29, 1.82) is 0 Å². The van der Waals surface area contributed by atoms with Crippen molar-refractivity contribution in [2.45, 2.75) is 38.1 Å². The SMILES string of the molecule is CC1(NC(=O)COc2ccc3c(c2)CCC3)CCS(=O)(=O)C1. The first-order valence-electron chi connectivity index (χ1n) is 7.61. The van der Waals surface area contributed by atoms with Gasteiger partial charge in [0.2, 0.25) is 0 Å². The van der Waals surface area contributed by atoms with E-state index in [-0.39, 0.29) is 24.0 Å². The van der Waals surface area contributed by atoms with Crippen LogP contribution in [0.5, 0.6) is 5.75 Å². The molecule has 1 unspecified atom stereocenters. The average Bonchev–Trinajstić information content (AvgIpc) is 3.00. The molecule has 1 atom stereocenters. The highest BCUT2D eigenvalue weighted by Gasteiger charge is 2.39. The van der Waals surface area contributed by atoms with Crippen molar-refractivity contribution >= 4 is 15.7 Å². The molecule has 5 nitrogen and oxygen atoms in total. The van der Waals surface area contributed by atoms with Crippen LogP contribution in [0.25, 0.3) is 0 Å². The van der Waals surface area contributed by atoms with Gasteiger partial charge in [-0.25, -0.2) is 8.42 Å². The molecule has 0 saturated carbocycles. The van der Waals surface area contributed by atoms with Crippen LogP contribution in [0.3, 0.4) is 0 Å². The number of amides is 1. The van der Waals surface area contributed by atoms with Crippen molar-refractivity contribution in [3.63, 3.8) is 0 Å². The molecule has 0 aromatic heterocycles. The van der Waals surface area contributed by atoms with Gasteiger partial charge in [-0.15, -0.1) is 0 Å². The molecule has 1 heterocycles. The molecule has 0 spiro atoms. The highest BCUT2D eigenvalue weighted by molar-refractivity contribution is 7.91. The molecule has 1 aliphatic carbocycles. The third-order valence-corrected chi connectivity index (χ3v) is 6.29. The Morgan fingerprint density at radius 3 is 2.82 bits per heavy atom. The number of sulfone groups is 1. The molecule has 1 aliphatic heterocycles. The van der Waals surface area contributed by atoms with Crippen LogP contribution in [0.15, 0.2) is 18.2 Å². The van der Waals surface area contributed by atoms with Gasteiger partial charge >= 0.3 is 0 Å². The highest BCUT2D eigenvalue weighted by Crippen LogP contribution is 2.26. The number of hydrogen-bond acceptors (Lipinski definition) is 4. The maximum Gasteiger partial charge on any atom is 0.258 e. The molecule has 2 aliphatic rings. The summed E-state index contributed by atoms with van der Waals surface area (Å²) in [5.74, 6) is 0.556. The summed E-state index contributed by atoms with van der Waals surface area (Å²) in [5.41, 5.74) is 1.99. The van der Waals surface area contributed by atoms with Crippen LogP contribution in [0.4, 0.5) is 0 Å². The summed E-state index contributed by atoms with van der Waals surface area (Å²) in [6, 6.07) is 5.94. The lowest BCUT2D eigenvalue weighted by atomic mass is 10.0. The first kappa shape index (κ1) is 15.3. The third-order valence-electron chi connectivity index (χ3n) is 4.38. The Bertz CT molecular complexity index is 698. The zero-order chi connectivity index (χ0) is 15.8. The van der Waals surface area contributed by atoms with Gasteiger partial charge in [0.25, 0.3) is 5.91 Å². The summed E-state index contributed by atoms with van der Waals surface area (Å²) in [6.45, 7) is 1.68. The number of aryl methyl sites for hydroxylation is 2. The summed E-state index contributed by atoms with van der Waals surface area (Å²) >= 11 is 0. The fraction of sp³-hybridized carbons (Fsp3) is 0.562. The molecular weight excluding hydrogens is 302 g/mol. The molecule has 6 heteroatoms. The second-order valence-corrected chi connectivity index (χ2v) is 8.71. The molecule has 0 radical (unpaired) electrons. The minimum absolute atomic E-state index is 0.00455. The van der Waals surface area contributed by atoms with Gasteiger partial charge in [-0.05, 0) is 55.9 Å². The third kappa shape index (κ3) is 3.43. The largest absolute Gasteiger partial charge is 0.484 e. The van der Waals surface area contributed by atoms with Crippen molar-refractivity contribution in [3.8, 4) is 5.75 Å². The fourth-order valence-corrected chi connectivity index (χ4v) is 5.36. The van der Waals surface area contributed by atoms with Crippen molar-refractivity contribution < 1.29 is 17.9 Å². The molecular formula is C16H21NO4S. The topological polar surface area (TPSA) is 72.5 Å². The lowest BCUT2D eigenvalue weighted by molar-refractivity contribution is -0.124. The Balaban J connectivity index is 1.54. The van der Waals surface area contributed by atoms with Crippen molar-refractivity contribution in [1.82, 2.24) is 5.32 Å². The predicted molar refractivity (Wildman–Crippen MR) is 83.8 cm³/mol. The van der Waals surface area contributed by atoms with Crippen molar-refractivity contribution in [2.75, 3.05) is 18.1 Å². The van der Waals surface area contributed by atoms with Crippen LogP contribution in [0.2, 0.25) is 0 Å². The zero-order valence-electron chi connectivity index (χ0n) is 12.7. The van der Waals surface area contributed by atoms with Crippen molar-refractivity contribution in [2.24, 2.45) is 0 Å². The number of benzene rings is 1. The van der Waals surface area contributed by atoms with E-state index in [9.17, 15) is 13.2 Å². The first-order chi connectivity index (χ1) is 10.4. The molecule has 22 heavy (non-hydrogen) atoms. The van der Waals surface area contributed by atoms with Crippen molar-refractivity contribution in [3.05, 3.63) is 29.3 Å². The summed E-state index contributed by atoms with van der Waals surface area (Å²) < 4.78 is 28.6. The predicted octanol–water partition coefficient (Wildman–Crippen LogP) is 1.25. The van der Waals surface area contributed by atoms with Gasteiger partial charge in [0.1, 0.15) is 5.75 Å². The minimum atomic E-state index is -3.03. The summed E-state index contributed by atoms with van der Waals surface area (Å²) in [5, 5.41) is 2.79. The number of fused-ring (bicyclic) bond motifs is 1. The second-order valence-electron chi connectivity index (χ2n) is 6.52. The van der Waals surface area contributed by atoms with E-state index in [1.165, 1.54) is 17.5 Å². The number of hydrogen-bond donors (Lipinski definition) is 1. The molecule has 1 aromatic carbocycles. The number of carbonyl (C=O) groups excluding carboxylic acids is 1. The van der Waals surface area contributed by atoms with Gasteiger partial charge in [-0.1, -0.05) is 6.07 Å². The van der Waals surface area contributed by atoms with Crippen LogP contribution in [0, 0.1) is 0 Å². The fourth-order valence-electron chi connectivity index (χ4n) is 3.27. The molecule has 3 rings (SSSR count). The summed E-state index contributed by atoms with van der Waals surface area (Å²) in [4.78, 5) is 12.0. The monoisotopic (exact) mass is 323 g/mol. The molecule has 1 N–H and O–H groups in total. The molecule has 1 saturated heterocycles.